The normalized spacial score (nSPS) is 12.0. The van der Waals surface area contributed by atoms with Crippen LogP contribution in [0.5, 0.6) is 0 Å². The SMILES string of the molecule is c1ccc(-c2ccc(-n3c4ccc(-c5ccc6c(c5)c5ccccc5n6-c5ccc6ccccc6c5)cc4c4c5c(ccc43)oc3ccccc35)cc2)cc1.c1ccc(-c2ccc(-n3c4ccc(-c5ccc6c(c5)c5ccccc5n6-c5ccc6ccccc6c5)cc4c4c5oc6ccccc6c5ccc43)cc2)cc1. The summed E-state index contributed by atoms with van der Waals surface area (Å²) < 4.78 is 22.7. The zero-order valence-electron chi connectivity index (χ0n) is 59.6. The second-order valence-electron chi connectivity index (χ2n) is 29.1. The summed E-state index contributed by atoms with van der Waals surface area (Å²) in [6, 6.07) is 141. The van der Waals surface area contributed by atoms with Crippen LogP contribution in [0.2, 0.25) is 0 Å². The van der Waals surface area contributed by atoms with E-state index in [2.05, 4.69) is 394 Å². The number of fused-ring (bicyclic) bond motifs is 22. The molecule has 0 spiro atoms. The third-order valence-corrected chi connectivity index (χ3v) is 23.0. The van der Waals surface area contributed by atoms with Crippen LogP contribution in [-0.2, 0) is 0 Å². The highest BCUT2D eigenvalue weighted by Gasteiger charge is 2.24. The smallest absolute Gasteiger partial charge is 0.145 e. The molecule has 6 heterocycles. The van der Waals surface area contributed by atoms with Crippen LogP contribution in [-0.4, -0.2) is 18.3 Å². The van der Waals surface area contributed by atoms with E-state index < -0.39 is 0 Å². The summed E-state index contributed by atoms with van der Waals surface area (Å²) in [5.41, 5.74) is 27.2. The molecule has 110 heavy (non-hydrogen) atoms. The molecule has 6 nitrogen and oxygen atoms in total. The van der Waals surface area contributed by atoms with Crippen molar-refractivity contribution in [3.05, 3.63) is 388 Å². The molecule has 6 aromatic heterocycles. The van der Waals surface area contributed by atoms with Gasteiger partial charge < -0.3 is 27.1 Å². The molecule has 0 saturated heterocycles. The largest absolute Gasteiger partial charge is 0.456 e. The van der Waals surface area contributed by atoms with Crippen LogP contribution in [0.4, 0.5) is 0 Å². The Labute approximate surface area is 631 Å². The monoisotopic (exact) mass is 1400 g/mol. The standard InChI is InChI=1S/2C52H32N2O/c1-2-10-33(11-3-1)35-18-23-39(24-19-35)53-48-28-22-38(32-45(48)51-49(53)29-26-43-42-15-7-9-17-50(42)55-52(43)51)37-21-27-47-44(31-37)41-14-6-8-16-46(41)54(47)40-25-20-34-12-4-5-13-36(34)30-40;1-2-10-33(11-3-1)35-18-23-39(24-19-35)53-47-27-22-38(32-44(47)51-48(53)28-29-50-52(51)42-15-7-9-17-49(42)55-50)37-21-26-46-43(31-37)41-14-6-8-16-45(41)54(46)40-25-20-34-12-4-5-13-36(34)30-40/h2*1-32H. The second kappa shape index (κ2) is 24.4. The third-order valence-electron chi connectivity index (χ3n) is 23.0. The van der Waals surface area contributed by atoms with E-state index in [1.54, 1.807) is 0 Å². The van der Waals surface area contributed by atoms with Gasteiger partial charge in [-0.15, -0.1) is 0 Å². The zero-order valence-corrected chi connectivity index (χ0v) is 59.6. The molecule has 512 valence electrons. The lowest BCUT2D eigenvalue weighted by molar-refractivity contribution is 0.669. The number of benzene rings is 18. The number of aromatic nitrogens is 4. The Morgan fingerprint density at radius 3 is 1.02 bits per heavy atom. The minimum Gasteiger partial charge on any atom is -0.456 e. The fourth-order valence-electron chi connectivity index (χ4n) is 17.9. The zero-order chi connectivity index (χ0) is 72.1. The van der Waals surface area contributed by atoms with E-state index in [1.165, 1.54) is 137 Å². The number of hydrogen-bond donors (Lipinski definition) is 0. The average Bonchev–Trinajstić information content (AvgIpc) is 1.56. The van der Waals surface area contributed by atoms with Crippen molar-refractivity contribution in [3.8, 4) is 67.3 Å². The van der Waals surface area contributed by atoms with Gasteiger partial charge in [0.05, 0.1) is 49.5 Å². The van der Waals surface area contributed by atoms with Crippen molar-refractivity contribution in [1.29, 1.82) is 0 Å². The Hall–Kier alpha value is -14.7. The van der Waals surface area contributed by atoms with E-state index in [0.717, 1.165) is 82.7 Å². The van der Waals surface area contributed by atoms with Gasteiger partial charge in [-0.25, -0.2) is 0 Å². The predicted molar refractivity (Wildman–Crippen MR) is 462 cm³/mol. The van der Waals surface area contributed by atoms with Gasteiger partial charge in [-0.05, 0) is 212 Å². The maximum atomic E-state index is 6.71. The minimum absolute atomic E-state index is 0.903. The van der Waals surface area contributed by atoms with Crippen LogP contribution in [0, 0.1) is 0 Å². The van der Waals surface area contributed by atoms with E-state index in [9.17, 15) is 0 Å². The van der Waals surface area contributed by atoms with Crippen molar-refractivity contribution in [3.63, 3.8) is 0 Å². The first-order chi connectivity index (χ1) is 54.5. The lowest BCUT2D eigenvalue weighted by Crippen LogP contribution is -1.94. The van der Waals surface area contributed by atoms with E-state index in [1.807, 2.05) is 12.1 Å². The third kappa shape index (κ3) is 9.62. The molecule has 0 unspecified atom stereocenters. The topological polar surface area (TPSA) is 46.0 Å². The first kappa shape index (κ1) is 61.6. The molecule has 0 radical (unpaired) electrons. The van der Waals surface area contributed by atoms with Crippen molar-refractivity contribution in [2.75, 3.05) is 0 Å². The second-order valence-corrected chi connectivity index (χ2v) is 29.1. The fourth-order valence-corrected chi connectivity index (χ4v) is 17.9. The average molecular weight is 1400 g/mol. The number of para-hydroxylation sites is 4. The lowest BCUT2D eigenvalue weighted by Gasteiger charge is -2.11. The Bertz CT molecular complexity index is 7870. The summed E-state index contributed by atoms with van der Waals surface area (Å²) in [5.74, 6) is 0. The molecule has 6 heteroatoms. The van der Waals surface area contributed by atoms with Crippen molar-refractivity contribution in [1.82, 2.24) is 18.3 Å². The molecule has 0 saturated carbocycles. The Balaban J connectivity index is 0.000000132. The van der Waals surface area contributed by atoms with Crippen LogP contribution < -0.4 is 0 Å². The van der Waals surface area contributed by atoms with E-state index in [-0.39, 0.29) is 0 Å². The summed E-state index contributed by atoms with van der Waals surface area (Å²) in [4.78, 5) is 0. The van der Waals surface area contributed by atoms with Gasteiger partial charge in [0.25, 0.3) is 0 Å². The molecule has 0 N–H and O–H groups in total. The quantitative estimate of drug-likeness (QED) is 0.152. The molecule has 0 aliphatic rings. The highest BCUT2D eigenvalue weighted by Crippen LogP contribution is 2.47. The molecular formula is C104H64N4O2. The first-order valence-electron chi connectivity index (χ1n) is 37.7. The van der Waals surface area contributed by atoms with Crippen molar-refractivity contribution < 1.29 is 8.83 Å². The van der Waals surface area contributed by atoms with Gasteiger partial charge in [-0.3, -0.25) is 0 Å². The van der Waals surface area contributed by atoms with Crippen LogP contribution in [0.1, 0.15) is 0 Å². The van der Waals surface area contributed by atoms with Gasteiger partial charge in [0.1, 0.15) is 22.3 Å². The molecule has 0 aliphatic heterocycles. The number of nitrogens with zero attached hydrogens (tertiary/aromatic N) is 4. The Morgan fingerprint density at radius 1 is 0.155 bits per heavy atom. The van der Waals surface area contributed by atoms with Crippen molar-refractivity contribution >= 4 is 153 Å². The molecule has 0 amide bonds. The molecule has 0 bridgehead atoms. The van der Waals surface area contributed by atoms with Crippen LogP contribution in [0.3, 0.4) is 0 Å². The molecule has 0 aliphatic carbocycles. The van der Waals surface area contributed by atoms with E-state index in [4.69, 9.17) is 8.83 Å². The van der Waals surface area contributed by atoms with Crippen LogP contribution in [0.25, 0.3) is 220 Å². The molecule has 24 rings (SSSR count). The van der Waals surface area contributed by atoms with Crippen LogP contribution >= 0.6 is 0 Å². The Morgan fingerprint density at radius 2 is 0.500 bits per heavy atom. The molecular weight excluding hydrogens is 1340 g/mol. The summed E-state index contributed by atoms with van der Waals surface area (Å²) >= 11 is 0. The number of rotatable bonds is 8. The highest BCUT2D eigenvalue weighted by atomic mass is 16.3. The molecule has 0 atom stereocenters. The maximum absolute atomic E-state index is 6.71. The lowest BCUT2D eigenvalue weighted by atomic mass is 9.99. The summed E-state index contributed by atoms with van der Waals surface area (Å²) in [6.45, 7) is 0. The predicted octanol–water partition coefficient (Wildman–Crippen LogP) is 28.5. The van der Waals surface area contributed by atoms with Gasteiger partial charge in [0, 0.05) is 82.0 Å². The molecule has 0 fully saturated rings. The van der Waals surface area contributed by atoms with E-state index in [0.29, 0.717) is 0 Å². The van der Waals surface area contributed by atoms with Crippen molar-refractivity contribution in [2.24, 2.45) is 0 Å². The van der Waals surface area contributed by atoms with Gasteiger partial charge in [-0.2, -0.15) is 0 Å². The summed E-state index contributed by atoms with van der Waals surface area (Å²) in [7, 11) is 0. The number of hydrogen-bond acceptors (Lipinski definition) is 2. The summed E-state index contributed by atoms with van der Waals surface area (Å²) in [5, 5.41) is 19.2. The fraction of sp³-hybridized carbons (Fsp3) is 0. The van der Waals surface area contributed by atoms with Gasteiger partial charge in [-0.1, -0.05) is 243 Å². The Kier molecular flexibility index (Phi) is 13.7. The van der Waals surface area contributed by atoms with E-state index >= 15 is 0 Å². The first-order valence-corrected chi connectivity index (χ1v) is 37.7. The van der Waals surface area contributed by atoms with Gasteiger partial charge in [0.2, 0.25) is 0 Å². The van der Waals surface area contributed by atoms with Crippen molar-refractivity contribution in [2.45, 2.75) is 0 Å². The maximum Gasteiger partial charge on any atom is 0.145 e. The number of furan rings is 2. The van der Waals surface area contributed by atoms with Gasteiger partial charge in [0.15, 0.2) is 0 Å². The molecule has 18 aromatic carbocycles. The summed E-state index contributed by atoms with van der Waals surface area (Å²) in [6.07, 6.45) is 0. The molecule has 24 aromatic rings. The minimum atomic E-state index is 0.903. The van der Waals surface area contributed by atoms with Gasteiger partial charge >= 0.3 is 0 Å². The van der Waals surface area contributed by atoms with Crippen LogP contribution in [0.15, 0.2) is 397 Å². The highest BCUT2D eigenvalue weighted by molar-refractivity contribution is 6.28.